The average molecular weight is 518 g/mol. The van der Waals surface area contributed by atoms with Crippen molar-refractivity contribution in [2.45, 2.75) is 13.0 Å². The van der Waals surface area contributed by atoms with Gasteiger partial charge in [0.1, 0.15) is 5.82 Å². The summed E-state index contributed by atoms with van der Waals surface area (Å²) in [6.45, 7) is 4.89. The van der Waals surface area contributed by atoms with Crippen molar-refractivity contribution in [1.29, 1.82) is 0 Å². The third-order valence-corrected chi connectivity index (χ3v) is 6.67. The predicted octanol–water partition coefficient (Wildman–Crippen LogP) is 4.35. The van der Waals surface area contributed by atoms with E-state index in [2.05, 4.69) is 49.7 Å². The van der Waals surface area contributed by atoms with Crippen molar-refractivity contribution in [1.82, 2.24) is 15.2 Å². The quantitative estimate of drug-likeness (QED) is 0.327. The number of halogens is 2. The number of nitrogens with zero attached hydrogens (tertiary/aromatic N) is 3. The van der Waals surface area contributed by atoms with Gasteiger partial charge in [-0.15, -0.1) is 22.9 Å². The SMILES string of the molecule is O=C(NCCCl)NCCCn1c(-c2ccc(N3CCOCC3)cc2)csc1=Nc1ccc(F)cc1. The van der Waals surface area contributed by atoms with Crippen LogP contribution in [0.25, 0.3) is 11.3 Å². The molecule has 2 aromatic carbocycles. The van der Waals surface area contributed by atoms with E-state index in [-0.39, 0.29) is 11.8 Å². The van der Waals surface area contributed by atoms with E-state index in [4.69, 9.17) is 21.3 Å². The molecule has 1 aromatic heterocycles. The van der Waals surface area contributed by atoms with Crippen LogP contribution in [0.2, 0.25) is 0 Å². The Morgan fingerprint density at radius 2 is 1.77 bits per heavy atom. The van der Waals surface area contributed by atoms with Crippen LogP contribution in [0.1, 0.15) is 6.42 Å². The van der Waals surface area contributed by atoms with Crippen LogP contribution in [0.4, 0.5) is 20.6 Å². The number of alkyl halides is 1. The molecule has 0 bridgehead atoms. The second-order valence-electron chi connectivity index (χ2n) is 8.01. The fraction of sp³-hybridized carbons (Fsp3) is 0.360. The molecule has 1 aliphatic heterocycles. The highest BCUT2D eigenvalue weighted by Gasteiger charge is 2.13. The van der Waals surface area contributed by atoms with Crippen LogP contribution in [0, 0.1) is 5.82 Å². The van der Waals surface area contributed by atoms with Gasteiger partial charge >= 0.3 is 6.03 Å². The normalized spacial score (nSPS) is 14.2. The molecule has 1 fully saturated rings. The number of morpholine rings is 1. The maximum absolute atomic E-state index is 13.3. The molecule has 4 rings (SSSR count). The van der Waals surface area contributed by atoms with Gasteiger partial charge in [0.05, 0.1) is 24.6 Å². The predicted molar refractivity (Wildman–Crippen MR) is 139 cm³/mol. The third kappa shape index (κ3) is 7.06. The van der Waals surface area contributed by atoms with Crippen molar-refractivity contribution < 1.29 is 13.9 Å². The molecule has 1 aliphatic rings. The van der Waals surface area contributed by atoms with Crippen molar-refractivity contribution in [2.24, 2.45) is 4.99 Å². The summed E-state index contributed by atoms with van der Waals surface area (Å²) < 4.78 is 21.0. The Bertz CT molecular complexity index is 1160. The number of thiazole rings is 1. The largest absolute Gasteiger partial charge is 0.378 e. The fourth-order valence-electron chi connectivity index (χ4n) is 3.82. The highest BCUT2D eigenvalue weighted by atomic mass is 35.5. The topological polar surface area (TPSA) is 70.9 Å². The lowest BCUT2D eigenvalue weighted by molar-refractivity contribution is 0.122. The van der Waals surface area contributed by atoms with Gasteiger partial charge in [-0.1, -0.05) is 12.1 Å². The molecule has 7 nitrogen and oxygen atoms in total. The zero-order valence-corrected chi connectivity index (χ0v) is 21.0. The van der Waals surface area contributed by atoms with Crippen LogP contribution in [-0.2, 0) is 11.3 Å². The Kier molecular flexibility index (Phi) is 9.16. The number of ether oxygens (including phenoxy) is 1. The summed E-state index contributed by atoms with van der Waals surface area (Å²) in [4.78, 5) is 19.7. The van der Waals surface area contributed by atoms with Gasteiger partial charge in [-0.05, 0) is 48.4 Å². The second kappa shape index (κ2) is 12.7. The van der Waals surface area contributed by atoms with Gasteiger partial charge in [0.2, 0.25) is 0 Å². The number of hydrogen-bond donors (Lipinski definition) is 2. The molecular weight excluding hydrogens is 489 g/mol. The first-order valence-electron chi connectivity index (χ1n) is 11.6. The van der Waals surface area contributed by atoms with E-state index < -0.39 is 0 Å². The molecule has 0 aliphatic carbocycles. The number of nitrogens with one attached hydrogen (secondary N) is 2. The van der Waals surface area contributed by atoms with Crippen molar-refractivity contribution in [3.8, 4) is 11.3 Å². The summed E-state index contributed by atoms with van der Waals surface area (Å²) in [5, 5.41) is 7.64. The number of amides is 2. The molecular formula is C25H29ClFN5O2S. The number of carbonyl (C=O) groups excluding carboxylic acids is 1. The van der Waals surface area contributed by atoms with Crippen LogP contribution < -0.4 is 20.3 Å². The Hall–Kier alpha value is -2.88. The number of urea groups is 1. The lowest BCUT2D eigenvalue weighted by atomic mass is 10.1. The van der Waals surface area contributed by atoms with E-state index in [1.807, 2.05) is 0 Å². The van der Waals surface area contributed by atoms with Crippen molar-refractivity contribution in [3.63, 3.8) is 0 Å². The molecule has 3 aromatic rings. The molecule has 2 heterocycles. The maximum Gasteiger partial charge on any atom is 0.314 e. The maximum atomic E-state index is 13.3. The summed E-state index contributed by atoms with van der Waals surface area (Å²) in [5.41, 5.74) is 4.01. The minimum atomic E-state index is -0.289. The fourth-order valence-corrected chi connectivity index (χ4v) is 4.87. The monoisotopic (exact) mass is 517 g/mol. The molecule has 2 amide bonds. The Labute approximate surface area is 213 Å². The van der Waals surface area contributed by atoms with Gasteiger partial charge < -0.3 is 24.8 Å². The summed E-state index contributed by atoms with van der Waals surface area (Å²) in [7, 11) is 0. The smallest absolute Gasteiger partial charge is 0.314 e. The lowest BCUT2D eigenvalue weighted by Gasteiger charge is -2.28. The molecule has 0 atom stereocenters. The number of aromatic nitrogens is 1. The molecule has 2 N–H and O–H groups in total. The molecule has 10 heteroatoms. The number of benzene rings is 2. The standard InChI is InChI=1S/C25H29ClFN5O2S/c26-10-12-29-24(33)28-11-1-13-32-23(18-35-25(32)30-21-6-4-20(27)5-7-21)19-2-8-22(9-3-19)31-14-16-34-17-15-31/h2-9,18H,1,10-17H2,(H2,28,29,33). The minimum Gasteiger partial charge on any atom is -0.378 e. The van der Waals surface area contributed by atoms with E-state index in [0.29, 0.717) is 31.2 Å². The number of carbonyl (C=O) groups is 1. The number of rotatable bonds is 9. The van der Waals surface area contributed by atoms with Crippen LogP contribution >= 0.6 is 22.9 Å². The van der Waals surface area contributed by atoms with Crippen LogP contribution in [0.3, 0.4) is 0 Å². The second-order valence-corrected chi connectivity index (χ2v) is 9.23. The van der Waals surface area contributed by atoms with Crippen LogP contribution in [0.5, 0.6) is 0 Å². The molecule has 1 saturated heterocycles. The lowest BCUT2D eigenvalue weighted by Crippen LogP contribution is -2.37. The molecule has 0 saturated carbocycles. The van der Waals surface area contributed by atoms with Gasteiger partial charge in [-0.2, -0.15) is 0 Å². The zero-order chi connectivity index (χ0) is 24.5. The highest BCUT2D eigenvalue weighted by Crippen LogP contribution is 2.25. The summed E-state index contributed by atoms with van der Waals surface area (Å²) in [6, 6.07) is 14.5. The third-order valence-electron chi connectivity index (χ3n) is 5.61. The number of hydrogen-bond acceptors (Lipinski definition) is 5. The summed E-state index contributed by atoms with van der Waals surface area (Å²) >= 11 is 7.15. The minimum absolute atomic E-state index is 0.226. The molecule has 0 radical (unpaired) electrons. The van der Waals surface area contributed by atoms with Crippen molar-refractivity contribution >= 4 is 40.3 Å². The summed E-state index contributed by atoms with van der Waals surface area (Å²) in [5.74, 6) is 0.0858. The van der Waals surface area contributed by atoms with Crippen LogP contribution in [0.15, 0.2) is 58.9 Å². The molecule has 0 unspecified atom stereocenters. The highest BCUT2D eigenvalue weighted by molar-refractivity contribution is 7.07. The molecule has 35 heavy (non-hydrogen) atoms. The Morgan fingerprint density at radius 3 is 2.49 bits per heavy atom. The summed E-state index contributed by atoms with van der Waals surface area (Å²) in [6.07, 6.45) is 0.723. The van der Waals surface area contributed by atoms with Gasteiger partial charge in [0, 0.05) is 49.7 Å². The van der Waals surface area contributed by atoms with Crippen molar-refractivity contribution in [2.75, 3.05) is 50.2 Å². The molecule has 0 spiro atoms. The first-order chi connectivity index (χ1) is 17.1. The van der Waals surface area contributed by atoms with Crippen molar-refractivity contribution in [3.05, 3.63) is 64.5 Å². The Balaban J connectivity index is 1.54. The van der Waals surface area contributed by atoms with Crippen LogP contribution in [-0.4, -0.2) is 55.9 Å². The van der Waals surface area contributed by atoms with E-state index in [1.165, 1.54) is 29.2 Å². The first kappa shape index (κ1) is 25.2. The van der Waals surface area contributed by atoms with Gasteiger partial charge in [0.25, 0.3) is 0 Å². The molecule has 186 valence electrons. The zero-order valence-electron chi connectivity index (χ0n) is 19.4. The number of anilines is 1. The van der Waals surface area contributed by atoms with Gasteiger partial charge in [0.15, 0.2) is 4.80 Å². The first-order valence-corrected chi connectivity index (χ1v) is 13.0. The van der Waals surface area contributed by atoms with E-state index in [0.717, 1.165) is 48.8 Å². The van der Waals surface area contributed by atoms with E-state index >= 15 is 0 Å². The van der Waals surface area contributed by atoms with Gasteiger partial charge in [-0.25, -0.2) is 14.2 Å². The average Bonchev–Trinajstić information content (AvgIpc) is 3.29. The Morgan fingerprint density at radius 1 is 1.06 bits per heavy atom. The van der Waals surface area contributed by atoms with E-state index in [9.17, 15) is 9.18 Å². The van der Waals surface area contributed by atoms with E-state index in [1.54, 1.807) is 12.1 Å². The van der Waals surface area contributed by atoms with Gasteiger partial charge in [-0.3, -0.25) is 0 Å².